The van der Waals surface area contributed by atoms with E-state index in [1.807, 2.05) is 0 Å². The van der Waals surface area contributed by atoms with Crippen molar-refractivity contribution in [3.05, 3.63) is 51.1 Å². The zero-order valence-electron chi connectivity index (χ0n) is 10.3. The highest BCUT2D eigenvalue weighted by molar-refractivity contribution is 9.10. The summed E-state index contributed by atoms with van der Waals surface area (Å²) in [4.78, 5) is 12.6. The van der Waals surface area contributed by atoms with Crippen LogP contribution in [0.5, 0.6) is 0 Å². The predicted octanol–water partition coefficient (Wildman–Crippen LogP) is 3.51. The minimum absolute atomic E-state index is 0.0142. The third-order valence-electron chi connectivity index (χ3n) is 2.50. The van der Waals surface area contributed by atoms with E-state index >= 15 is 0 Å². The molecular formula is C12H8BrClFNO3S2. The van der Waals surface area contributed by atoms with Crippen LogP contribution in [-0.2, 0) is 15.6 Å². The van der Waals surface area contributed by atoms with E-state index in [2.05, 4.69) is 21.2 Å². The zero-order valence-corrected chi connectivity index (χ0v) is 14.2. The lowest BCUT2D eigenvalue weighted by Crippen LogP contribution is -2.22. The summed E-state index contributed by atoms with van der Waals surface area (Å²) in [7, 11) is 1.45. The van der Waals surface area contributed by atoms with Gasteiger partial charge in [-0.05, 0) is 40.2 Å². The number of thiophene rings is 1. The van der Waals surface area contributed by atoms with E-state index in [1.165, 1.54) is 24.3 Å². The van der Waals surface area contributed by atoms with Gasteiger partial charge in [0.25, 0.3) is 15.0 Å². The highest BCUT2D eigenvalue weighted by Gasteiger charge is 2.15. The van der Waals surface area contributed by atoms with Crippen molar-refractivity contribution in [2.24, 2.45) is 0 Å². The van der Waals surface area contributed by atoms with E-state index in [1.54, 1.807) is 6.07 Å². The average molecular weight is 413 g/mol. The van der Waals surface area contributed by atoms with Gasteiger partial charge in [0.1, 0.15) is 10.0 Å². The minimum atomic E-state index is -3.76. The van der Waals surface area contributed by atoms with Crippen LogP contribution in [0.3, 0.4) is 0 Å². The summed E-state index contributed by atoms with van der Waals surface area (Å²) >= 11 is 3.97. The molecule has 0 aliphatic carbocycles. The summed E-state index contributed by atoms with van der Waals surface area (Å²) in [5, 5.41) is 2.58. The Balaban J connectivity index is 2.08. The highest BCUT2D eigenvalue weighted by Crippen LogP contribution is 2.25. The molecule has 0 bridgehead atoms. The van der Waals surface area contributed by atoms with Gasteiger partial charge in [-0.3, -0.25) is 4.79 Å². The minimum Gasteiger partial charge on any atom is -0.347 e. The molecule has 2 rings (SSSR count). The number of hydrogen-bond donors (Lipinski definition) is 1. The van der Waals surface area contributed by atoms with Gasteiger partial charge in [0.05, 0.1) is 16.6 Å². The fourth-order valence-corrected chi connectivity index (χ4v) is 4.03. The molecule has 112 valence electrons. The van der Waals surface area contributed by atoms with Gasteiger partial charge in [-0.25, -0.2) is 12.8 Å². The first kappa shape index (κ1) is 16.4. The molecule has 0 saturated heterocycles. The van der Waals surface area contributed by atoms with Gasteiger partial charge in [-0.15, -0.1) is 11.3 Å². The Bertz CT molecular complexity index is 792. The van der Waals surface area contributed by atoms with Crippen molar-refractivity contribution < 1.29 is 17.6 Å². The van der Waals surface area contributed by atoms with Gasteiger partial charge in [0.2, 0.25) is 0 Å². The van der Waals surface area contributed by atoms with Crippen LogP contribution in [0.1, 0.15) is 15.2 Å². The number of carbonyl (C=O) groups excluding carboxylic acids is 1. The van der Waals surface area contributed by atoms with Crippen LogP contribution >= 0.6 is 37.9 Å². The Morgan fingerprint density at radius 2 is 2.05 bits per heavy atom. The molecule has 4 nitrogen and oxygen atoms in total. The maximum atomic E-state index is 13.3. The summed E-state index contributed by atoms with van der Waals surface area (Å²) in [6.07, 6.45) is 0. The third-order valence-corrected chi connectivity index (χ3v) is 6.48. The number of carbonyl (C=O) groups is 1. The molecule has 1 heterocycles. The van der Waals surface area contributed by atoms with Crippen molar-refractivity contribution in [2.45, 2.75) is 10.8 Å². The fourth-order valence-electron chi connectivity index (χ4n) is 1.53. The van der Waals surface area contributed by atoms with Crippen LogP contribution in [0.2, 0.25) is 0 Å². The number of halogens is 3. The average Bonchev–Trinajstić information content (AvgIpc) is 2.88. The second kappa shape index (κ2) is 6.43. The normalized spacial score (nSPS) is 11.4. The van der Waals surface area contributed by atoms with Crippen LogP contribution in [0.15, 0.2) is 39.0 Å². The molecule has 1 aromatic heterocycles. The second-order valence-corrected chi connectivity index (χ2v) is 8.70. The van der Waals surface area contributed by atoms with Gasteiger partial charge in [0.15, 0.2) is 0 Å². The van der Waals surface area contributed by atoms with Crippen molar-refractivity contribution in [2.75, 3.05) is 0 Å². The summed E-state index contributed by atoms with van der Waals surface area (Å²) < 4.78 is 35.7. The molecule has 0 atom stereocenters. The Morgan fingerprint density at radius 1 is 1.33 bits per heavy atom. The van der Waals surface area contributed by atoms with Crippen LogP contribution in [0, 0.1) is 5.82 Å². The first-order valence-corrected chi connectivity index (χ1v) is 9.46. The monoisotopic (exact) mass is 411 g/mol. The van der Waals surface area contributed by atoms with E-state index in [0.29, 0.717) is 4.88 Å². The Morgan fingerprint density at radius 3 is 2.67 bits per heavy atom. The highest BCUT2D eigenvalue weighted by atomic mass is 79.9. The molecule has 1 N–H and O–H groups in total. The third kappa shape index (κ3) is 4.03. The summed E-state index contributed by atoms with van der Waals surface area (Å²) in [5.41, 5.74) is 0.164. The van der Waals surface area contributed by atoms with Crippen LogP contribution in [0.25, 0.3) is 0 Å². The fraction of sp³-hybridized carbons (Fsp3) is 0.0833. The predicted molar refractivity (Wildman–Crippen MR) is 82.6 cm³/mol. The van der Waals surface area contributed by atoms with E-state index in [9.17, 15) is 17.6 Å². The number of benzene rings is 1. The summed E-state index contributed by atoms with van der Waals surface area (Å²) in [6, 6.07) is 7.06. The second-order valence-electron chi connectivity index (χ2n) is 3.94. The summed E-state index contributed by atoms with van der Waals surface area (Å²) in [6.45, 7) is 0.124. The lowest BCUT2D eigenvalue weighted by atomic mass is 10.2. The first-order chi connectivity index (χ1) is 9.79. The standard InChI is InChI=1S/C12H8BrClFNO3S2/c13-11-8(2-1-3-9(11)15)12(17)16-6-7-4-5-10(20-7)21(14,18)19/h1-5H,6H2,(H,16,17). The largest absolute Gasteiger partial charge is 0.347 e. The number of amides is 1. The van der Waals surface area contributed by atoms with Crippen molar-refractivity contribution in [1.82, 2.24) is 5.32 Å². The van der Waals surface area contributed by atoms with Gasteiger partial charge in [-0.2, -0.15) is 0 Å². The molecule has 21 heavy (non-hydrogen) atoms. The van der Waals surface area contributed by atoms with Gasteiger partial charge in [0, 0.05) is 15.6 Å². The Hall–Kier alpha value is -0.960. The van der Waals surface area contributed by atoms with Crippen molar-refractivity contribution in [1.29, 1.82) is 0 Å². The lowest BCUT2D eigenvalue weighted by molar-refractivity contribution is 0.0950. The number of nitrogens with one attached hydrogen (secondary N) is 1. The van der Waals surface area contributed by atoms with Gasteiger partial charge in [-0.1, -0.05) is 6.07 Å². The quantitative estimate of drug-likeness (QED) is 0.782. The molecule has 0 fully saturated rings. The molecule has 1 amide bonds. The van der Waals surface area contributed by atoms with Crippen LogP contribution in [-0.4, -0.2) is 14.3 Å². The molecule has 0 radical (unpaired) electrons. The topological polar surface area (TPSA) is 63.2 Å². The Labute approximate surface area is 137 Å². The maximum Gasteiger partial charge on any atom is 0.270 e. The van der Waals surface area contributed by atoms with E-state index < -0.39 is 20.8 Å². The van der Waals surface area contributed by atoms with Crippen LogP contribution < -0.4 is 5.32 Å². The number of rotatable bonds is 4. The zero-order chi connectivity index (χ0) is 15.6. The van der Waals surface area contributed by atoms with E-state index in [0.717, 1.165) is 11.3 Å². The Kier molecular flexibility index (Phi) is 5.03. The van der Waals surface area contributed by atoms with E-state index in [4.69, 9.17) is 10.7 Å². The molecule has 0 aliphatic rings. The van der Waals surface area contributed by atoms with Crippen molar-refractivity contribution >= 4 is 52.9 Å². The molecule has 0 unspecified atom stereocenters. The molecule has 0 spiro atoms. The van der Waals surface area contributed by atoms with Gasteiger partial charge < -0.3 is 5.32 Å². The van der Waals surface area contributed by atoms with Gasteiger partial charge >= 0.3 is 0 Å². The summed E-state index contributed by atoms with van der Waals surface area (Å²) in [5.74, 6) is -1.00. The van der Waals surface area contributed by atoms with Crippen molar-refractivity contribution in [3.8, 4) is 0 Å². The first-order valence-electron chi connectivity index (χ1n) is 5.54. The smallest absolute Gasteiger partial charge is 0.270 e. The molecule has 0 aliphatic heterocycles. The SMILES string of the molecule is O=C(NCc1ccc(S(=O)(=O)Cl)s1)c1cccc(F)c1Br. The van der Waals surface area contributed by atoms with Crippen LogP contribution in [0.4, 0.5) is 4.39 Å². The molecule has 0 saturated carbocycles. The van der Waals surface area contributed by atoms with E-state index in [-0.39, 0.29) is 20.8 Å². The maximum absolute atomic E-state index is 13.3. The molecule has 2 aromatic rings. The molecular weight excluding hydrogens is 405 g/mol. The van der Waals surface area contributed by atoms with Crippen molar-refractivity contribution in [3.63, 3.8) is 0 Å². The molecule has 1 aromatic carbocycles. The molecule has 9 heteroatoms. The number of hydrogen-bond acceptors (Lipinski definition) is 4. The lowest BCUT2D eigenvalue weighted by Gasteiger charge is -2.06.